The first-order valence-corrected chi connectivity index (χ1v) is 9.09. The first kappa shape index (κ1) is 18.7. The maximum absolute atomic E-state index is 12.4. The van der Waals surface area contributed by atoms with Gasteiger partial charge in [0, 0.05) is 13.6 Å². The van der Waals surface area contributed by atoms with Crippen LogP contribution in [0.15, 0.2) is 54.6 Å². The van der Waals surface area contributed by atoms with Gasteiger partial charge in [-0.1, -0.05) is 42.0 Å². The van der Waals surface area contributed by atoms with Gasteiger partial charge in [0.25, 0.3) is 5.91 Å². The lowest BCUT2D eigenvalue weighted by Gasteiger charge is -2.05. The maximum Gasteiger partial charge on any atom is 0.271 e. The van der Waals surface area contributed by atoms with Gasteiger partial charge in [-0.25, -0.2) is 0 Å². The Bertz CT molecular complexity index is 896. The minimum absolute atomic E-state index is 0.140. The molecule has 5 nitrogen and oxygen atoms in total. The molecule has 0 aliphatic carbocycles. The minimum Gasteiger partial charge on any atom is -0.497 e. The SMILES string of the molecule is COc1ccc(CCCNC(=O)c2cc(-c3ccc(C)cc3)n(C)n2)cc1. The van der Waals surface area contributed by atoms with Crippen molar-refractivity contribution in [1.29, 1.82) is 0 Å². The van der Waals surface area contributed by atoms with Gasteiger partial charge < -0.3 is 10.1 Å². The Hall–Kier alpha value is -3.08. The van der Waals surface area contributed by atoms with Crippen molar-refractivity contribution < 1.29 is 9.53 Å². The predicted octanol–water partition coefficient (Wildman–Crippen LogP) is 3.77. The number of methoxy groups -OCH3 is 1. The third-order valence-corrected chi connectivity index (χ3v) is 4.55. The topological polar surface area (TPSA) is 56.1 Å². The van der Waals surface area contributed by atoms with E-state index in [1.165, 1.54) is 11.1 Å². The van der Waals surface area contributed by atoms with Crippen LogP contribution in [0.1, 0.15) is 28.0 Å². The number of aromatic nitrogens is 2. The van der Waals surface area contributed by atoms with Crippen LogP contribution in [0.5, 0.6) is 5.75 Å². The van der Waals surface area contributed by atoms with Gasteiger partial charge in [0.05, 0.1) is 12.8 Å². The zero-order valence-corrected chi connectivity index (χ0v) is 16.0. The third kappa shape index (κ3) is 4.76. The molecule has 0 aliphatic heterocycles. The molecule has 27 heavy (non-hydrogen) atoms. The molecule has 0 bridgehead atoms. The Labute approximate surface area is 160 Å². The number of carbonyl (C=O) groups excluding carboxylic acids is 1. The molecule has 0 fully saturated rings. The van der Waals surface area contributed by atoms with E-state index in [-0.39, 0.29) is 5.91 Å². The molecule has 0 saturated heterocycles. The van der Waals surface area contributed by atoms with Crippen LogP contribution in [0.25, 0.3) is 11.3 Å². The molecule has 0 unspecified atom stereocenters. The van der Waals surface area contributed by atoms with Crippen LogP contribution in [0.4, 0.5) is 0 Å². The van der Waals surface area contributed by atoms with E-state index in [2.05, 4.69) is 29.5 Å². The van der Waals surface area contributed by atoms with Crippen molar-refractivity contribution in [2.24, 2.45) is 7.05 Å². The molecule has 1 heterocycles. The molecule has 0 radical (unpaired) electrons. The highest BCUT2D eigenvalue weighted by atomic mass is 16.5. The molecule has 3 aromatic rings. The quantitative estimate of drug-likeness (QED) is 0.650. The van der Waals surface area contributed by atoms with Crippen molar-refractivity contribution in [1.82, 2.24) is 15.1 Å². The number of hydrogen-bond donors (Lipinski definition) is 1. The molecule has 1 N–H and O–H groups in total. The lowest BCUT2D eigenvalue weighted by molar-refractivity contribution is 0.0947. The van der Waals surface area contributed by atoms with E-state index in [0.717, 1.165) is 29.8 Å². The van der Waals surface area contributed by atoms with Crippen LogP contribution in [0, 0.1) is 6.92 Å². The summed E-state index contributed by atoms with van der Waals surface area (Å²) in [7, 11) is 3.52. The van der Waals surface area contributed by atoms with E-state index >= 15 is 0 Å². The van der Waals surface area contributed by atoms with Crippen molar-refractivity contribution in [2.45, 2.75) is 19.8 Å². The molecule has 0 atom stereocenters. The fourth-order valence-electron chi connectivity index (χ4n) is 2.95. The monoisotopic (exact) mass is 363 g/mol. The number of nitrogens with one attached hydrogen (secondary N) is 1. The van der Waals surface area contributed by atoms with E-state index in [1.807, 2.05) is 49.5 Å². The van der Waals surface area contributed by atoms with Gasteiger partial charge >= 0.3 is 0 Å². The number of benzene rings is 2. The number of carbonyl (C=O) groups is 1. The largest absolute Gasteiger partial charge is 0.497 e. The third-order valence-electron chi connectivity index (χ3n) is 4.55. The second-order valence-electron chi connectivity index (χ2n) is 6.61. The molecule has 1 amide bonds. The summed E-state index contributed by atoms with van der Waals surface area (Å²) in [5.41, 5.74) is 4.85. The molecular weight excluding hydrogens is 338 g/mol. The number of ether oxygens (including phenoxy) is 1. The summed E-state index contributed by atoms with van der Waals surface area (Å²) in [6.45, 7) is 2.67. The summed E-state index contributed by atoms with van der Waals surface area (Å²) in [5.74, 6) is 0.713. The molecule has 140 valence electrons. The normalized spacial score (nSPS) is 10.6. The Morgan fingerprint density at radius 1 is 1.11 bits per heavy atom. The van der Waals surface area contributed by atoms with E-state index in [9.17, 15) is 4.79 Å². The standard InChI is InChI=1S/C22H25N3O2/c1-16-6-10-18(11-7-16)21-15-20(24-25(21)2)22(26)23-14-4-5-17-8-12-19(27-3)13-9-17/h6-13,15H,4-5,14H2,1-3H3,(H,23,26). The smallest absolute Gasteiger partial charge is 0.271 e. The van der Waals surface area contributed by atoms with Gasteiger partial charge in [0.15, 0.2) is 5.69 Å². The van der Waals surface area contributed by atoms with E-state index in [0.29, 0.717) is 12.2 Å². The average Bonchev–Trinajstić information content (AvgIpc) is 3.08. The van der Waals surface area contributed by atoms with Crippen molar-refractivity contribution in [3.05, 3.63) is 71.4 Å². The lowest BCUT2D eigenvalue weighted by Crippen LogP contribution is -2.25. The van der Waals surface area contributed by atoms with Crippen LogP contribution in [0.2, 0.25) is 0 Å². The van der Waals surface area contributed by atoms with E-state index in [4.69, 9.17) is 4.74 Å². The first-order chi connectivity index (χ1) is 13.1. The Morgan fingerprint density at radius 3 is 2.48 bits per heavy atom. The van der Waals surface area contributed by atoms with Crippen LogP contribution < -0.4 is 10.1 Å². The fraction of sp³-hybridized carbons (Fsp3) is 0.273. The molecule has 0 saturated carbocycles. The Morgan fingerprint density at radius 2 is 1.81 bits per heavy atom. The van der Waals surface area contributed by atoms with E-state index in [1.54, 1.807) is 11.8 Å². The predicted molar refractivity (Wildman–Crippen MR) is 107 cm³/mol. The number of amides is 1. The first-order valence-electron chi connectivity index (χ1n) is 9.09. The van der Waals surface area contributed by atoms with Crippen molar-refractivity contribution in [3.63, 3.8) is 0 Å². The minimum atomic E-state index is -0.140. The fourth-order valence-corrected chi connectivity index (χ4v) is 2.95. The molecule has 1 aromatic heterocycles. The van der Waals surface area contributed by atoms with Gasteiger partial charge in [0.1, 0.15) is 5.75 Å². The second-order valence-corrected chi connectivity index (χ2v) is 6.61. The summed E-state index contributed by atoms with van der Waals surface area (Å²) < 4.78 is 6.91. The number of hydrogen-bond acceptors (Lipinski definition) is 3. The Kier molecular flexibility index (Phi) is 5.91. The molecule has 0 aliphatic rings. The highest BCUT2D eigenvalue weighted by Gasteiger charge is 2.13. The molecule has 5 heteroatoms. The molecule has 2 aromatic carbocycles. The Balaban J connectivity index is 1.53. The summed E-state index contributed by atoms with van der Waals surface area (Å²) in [5, 5.41) is 7.31. The summed E-state index contributed by atoms with van der Waals surface area (Å²) in [6, 6.07) is 18.0. The zero-order valence-electron chi connectivity index (χ0n) is 16.0. The van der Waals surface area contributed by atoms with Crippen molar-refractivity contribution in [2.75, 3.05) is 13.7 Å². The summed E-state index contributed by atoms with van der Waals surface area (Å²) >= 11 is 0. The number of aryl methyl sites for hydroxylation is 3. The zero-order chi connectivity index (χ0) is 19.2. The molecular formula is C22H25N3O2. The average molecular weight is 363 g/mol. The van der Waals surface area contributed by atoms with Crippen LogP contribution >= 0.6 is 0 Å². The van der Waals surface area contributed by atoms with Crippen LogP contribution in [0.3, 0.4) is 0 Å². The van der Waals surface area contributed by atoms with Gasteiger partial charge in [0.2, 0.25) is 0 Å². The molecule has 3 rings (SSSR count). The van der Waals surface area contributed by atoms with Crippen LogP contribution in [-0.2, 0) is 13.5 Å². The highest BCUT2D eigenvalue weighted by molar-refractivity contribution is 5.93. The van der Waals surface area contributed by atoms with Gasteiger partial charge in [-0.3, -0.25) is 9.48 Å². The lowest BCUT2D eigenvalue weighted by atomic mass is 10.1. The van der Waals surface area contributed by atoms with E-state index < -0.39 is 0 Å². The summed E-state index contributed by atoms with van der Waals surface area (Å²) in [6.07, 6.45) is 1.77. The van der Waals surface area contributed by atoms with Gasteiger partial charge in [-0.15, -0.1) is 0 Å². The van der Waals surface area contributed by atoms with Gasteiger partial charge in [-0.2, -0.15) is 5.10 Å². The van der Waals surface area contributed by atoms with Crippen LogP contribution in [-0.4, -0.2) is 29.3 Å². The summed E-state index contributed by atoms with van der Waals surface area (Å²) in [4.78, 5) is 12.4. The second kappa shape index (κ2) is 8.54. The van der Waals surface area contributed by atoms with Crippen molar-refractivity contribution >= 4 is 5.91 Å². The highest BCUT2D eigenvalue weighted by Crippen LogP contribution is 2.20. The number of rotatable bonds is 7. The van der Waals surface area contributed by atoms with Gasteiger partial charge in [-0.05, 0) is 49.1 Å². The molecule has 0 spiro atoms. The number of nitrogens with zero attached hydrogens (tertiary/aromatic N) is 2. The maximum atomic E-state index is 12.4. The van der Waals surface area contributed by atoms with Crippen molar-refractivity contribution in [3.8, 4) is 17.0 Å².